The Morgan fingerprint density at radius 3 is 2.46 bits per heavy atom. The Bertz CT molecular complexity index is 739. The number of alkyl halides is 3. The molecule has 0 amide bonds. The molecule has 0 heterocycles. The van der Waals surface area contributed by atoms with Crippen molar-refractivity contribution in [3.05, 3.63) is 29.3 Å². The van der Waals surface area contributed by atoms with E-state index in [4.69, 9.17) is 0 Å². The third-order valence-electron chi connectivity index (χ3n) is 4.69. The lowest BCUT2D eigenvalue weighted by Gasteiger charge is -2.37. The Hall–Kier alpha value is -1.28. The van der Waals surface area contributed by atoms with Gasteiger partial charge in [0.05, 0.1) is 0 Å². The summed E-state index contributed by atoms with van der Waals surface area (Å²) in [7, 11) is -5.65. The van der Waals surface area contributed by atoms with E-state index in [0.717, 1.165) is 36.8 Å². The monoisotopic (exact) mass is 363 g/mol. The Morgan fingerprint density at radius 2 is 1.88 bits per heavy atom. The molecule has 24 heavy (non-hydrogen) atoms. The highest BCUT2D eigenvalue weighted by molar-refractivity contribution is 7.88. The second-order valence-electron chi connectivity index (χ2n) is 7.15. The Kier molecular flexibility index (Phi) is 4.11. The van der Waals surface area contributed by atoms with Gasteiger partial charge in [-0.1, -0.05) is 19.9 Å². The van der Waals surface area contributed by atoms with Crippen LogP contribution in [-0.4, -0.2) is 20.0 Å². The molecule has 1 atom stereocenters. The van der Waals surface area contributed by atoms with Crippen molar-refractivity contribution in [2.24, 2.45) is 0 Å². The van der Waals surface area contributed by atoms with E-state index < -0.39 is 15.6 Å². The Labute approximate surface area is 139 Å². The highest BCUT2D eigenvalue weighted by Crippen LogP contribution is 2.44. The van der Waals surface area contributed by atoms with Gasteiger partial charge in [-0.2, -0.15) is 21.6 Å². The van der Waals surface area contributed by atoms with Crippen LogP contribution in [0.15, 0.2) is 18.2 Å². The second kappa shape index (κ2) is 5.62. The van der Waals surface area contributed by atoms with E-state index in [-0.39, 0.29) is 17.2 Å². The molecule has 1 unspecified atom stereocenters. The molecule has 1 aromatic rings. The van der Waals surface area contributed by atoms with E-state index in [0.29, 0.717) is 6.04 Å². The molecule has 0 radical (unpaired) electrons. The summed E-state index contributed by atoms with van der Waals surface area (Å²) in [5.74, 6) is -0.300. The first-order valence-corrected chi connectivity index (χ1v) is 9.32. The fourth-order valence-corrected chi connectivity index (χ4v) is 3.61. The van der Waals surface area contributed by atoms with Crippen molar-refractivity contribution in [1.29, 1.82) is 0 Å². The number of fused-ring (bicyclic) bond motifs is 1. The maximum Gasteiger partial charge on any atom is 0.534 e. The van der Waals surface area contributed by atoms with Crippen LogP contribution in [0.5, 0.6) is 5.75 Å². The Balaban J connectivity index is 1.93. The molecule has 3 rings (SSSR count). The van der Waals surface area contributed by atoms with Crippen LogP contribution in [-0.2, 0) is 15.5 Å². The van der Waals surface area contributed by atoms with Gasteiger partial charge >= 0.3 is 15.6 Å². The smallest absolute Gasteiger partial charge is 0.376 e. The SMILES string of the molecule is CC1(C)CCC(NC2CC2)c2ccc(OS(=O)(=O)C(F)(F)F)cc21. The van der Waals surface area contributed by atoms with E-state index >= 15 is 0 Å². The van der Waals surface area contributed by atoms with Gasteiger partial charge in [0.25, 0.3) is 0 Å². The quantitative estimate of drug-likeness (QED) is 0.653. The second-order valence-corrected chi connectivity index (χ2v) is 8.69. The minimum Gasteiger partial charge on any atom is -0.376 e. The van der Waals surface area contributed by atoms with Crippen molar-refractivity contribution < 1.29 is 25.8 Å². The molecular weight excluding hydrogens is 343 g/mol. The molecular formula is C16H20F3NO3S. The molecule has 8 heteroatoms. The summed E-state index contributed by atoms with van der Waals surface area (Å²) in [6.07, 6.45) is 4.08. The molecule has 1 fully saturated rings. The Morgan fingerprint density at radius 1 is 1.21 bits per heavy atom. The van der Waals surface area contributed by atoms with Gasteiger partial charge in [0.2, 0.25) is 0 Å². The average molecular weight is 363 g/mol. The molecule has 134 valence electrons. The molecule has 0 saturated heterocycles. The first-order chi connectivity index (χ1) is 11.0. The van der Waals surface area contributed by atoms with Crippen LogP contribution in [0.4, 0.5) is 13.2 Å². The zero-order chi connectivity index (χ0) is 17.8. The van der Waals surface area contributed by atoms with Crippen LogP contribution in [0.25, 0.3) is 0 Å². The number of benzene rings is 1. The van der Waals surface area contributed by atoms with Crippen LogP contribution in [0.1, 0.15) is 56.7 Å². The van der Waals surface area contributed by atoms with Crippen molar-refractivity contribution in [2.45, 2.75) is 62.5 Å². The summed E-state index contributed by atoms with van der Waals surface area (Å²) in [5.41, 5.74) is -3.84. The topological polar surface area (TPSA) is 55.4 Å². The highest BCUT2D eigenvalue weighted by Gasteiger charge is 2.48. The maximum absolute atomic E-state index is 12.5. The van der Waals surface area contributed by atoms with Gasteiger partial charge in [-0.25, -0.2) is 0 Å². The van der Waals surface area contributed by atoms with Gasteiger partial charge in [-0.3, -0.25) is 0 Å². The summed E-state index contributed by atoms with van der Waals surface area (Å²) in [6.45, 7) is 4.00. The predicted molar refractivity (Wildman–Crippen MR) is 83.2 cm³/mol. The molecule has 0 aliphatic heterocycles. The number of nitrogens with one attached hydrogen (secondary N) is 1. The maximum atomic E-state index is 12.5. The fraction of sp³-hybridized carbons (Fsp3) is 0.625. The molecule has 1 N–H and O–H groups in total. The minimum atomic E-state index is -5.65. The summed E-state index contributed by atoms with van der Waals surface area (Å²) in [4.78, 5) is 0. The number of halogens is 3. The van der Waals surface area contributed by atoms with Gasteiger partial charge in [0.15, 0.2) is 0 Å². The van der Waals surface area contributed by atoms with E-state index in [9.17, 15) is 21.6 Å². The molecule has 2 aliphatic carbocycles. The third-order valence-corrected chi connectivity index (χ3v) is 5.67. The predicted octanol–water partition coefficient (Wildman–Crippen LogP) is 3.78. The van der Waals surface area contributed by atoms with Crippen LogP contribution >= 0.6 is 0 Å². The van der Waals surface area contributed by atoms with Crippen LogP contribution in [0, 0.1) is 0 Å². The zero-order valence-electron chi connectivity index (χ0n) is 13.5. The molecule has 1 saturated carbocycles. The summed E-state index contributed by atoms with van der Waals surface area (Å²) in [5, 5.41) is 3.54. The third kappa shape index (κ3) is 3.39. The lowest BCUT2D eigenvalue weighted by Crippen LogP contribution is -2.34. The number of rotatable bonds is 4. The van der Waals surface area contributed by atoms with Gasteiger partial charge in [0.1, 0.15) is 5.75 Å². The van der Waals surface area contributed by atoms with Crippen molar-refractivity contribution in [3.63, 3.8) is 0 Å². The van der Waals surface area contributed by atoms with Gasteiger partial charge in [-0.15, -0.1) is 0 Å². The van der Waals surface area contributed by atoms with Crippen molar-refractivity contribution in [2.75, 3.05) is 0 Å². The number of hydrogen-bond donors (Lipinski definition) is 1. The van der Waals surface area contributed by atoms with Gasteiger partial charge in [-0.05, 0) is 54.4 Å². The summed E-state index contributed by atoms with van der Waals surface area (Å²) >= 11 is 0. The van der Waals surface area contributed by atoms with Crippen molar-refractivity contribution in [3.8, 4) is 5.75 Å². The lowest BCUT2D eigenvalue weighted by molar-refractivity contribution is -0.0500. The average Bonchev–Trinajstić information content (AvgIpc) is 3.25. The van der Waals surface area contributed by atoms with E-state index in [1.165, 1.54) is 12.1 Å². The van der Waals surface area contributed by atoms with Crippen LogP contribution < -0.4 is 9.50 Å². The van der Waals surface area contributed by atoms with Crippen molar-refractivity contribution >= 4 is 10.1 Å². The normalized spacial score (nSPS) is 23.6. The molecule has 1 aromatic carbocycles. The van der Waals surface area contributed by atoms with Crippen LogP contribution in [0.3, 0.4) is 0 Å². The van der Waals surface area contributed by atoms with Crippen LogP contribution in [0.2, 0.25) is 0 Å². The standard InChI is InChI=1S/C16H20F3NO3S/c1-15(2)8-7-14(20-10-3-4-10)12-6-5-11(9-13(12)15)23-24(21,22)16(17,18)19/h5-6,9-10,14,20H,3-4,7-8H2,1-2H3. The molecule has 2 aliphatic rings. The first kappa shape index (κ1) is 17.5. The van der Waals surface area contributed by atoms with E-state index in [1.54, 1.807) is 6.07 Å². The molecule has 0 bridgehead atoms. The number of hydrogen-bond acceptors (Lipinski definition) is 4. The minimum absolute atomic E-state index is 0.147. The van der Waals surface area contributed by atoms with E-state index in [1.807, 2.05) is 13.8 Å². The fourth-order valence-electron chi connectivity index (χ4n) is 3.15. The highest BCUT2D eigenvalue weighted by atomic mass is 32.2. The molecule has 0 aromatic heterocycles. The summed E-state index contributed by atoms with van der Waals surface area (Å²) in [6, 6.07) is 5.06. The van der Waals surface area contributed by atoms with Crippen molar-refractivity contribution in [1.82, 2.24) is 5.32 Å². The van der Waals surface area contributed by atoms with E-state index in [2.05, 4.69) is 9.50 Å². The molecule has 0 spiro atoms. The molecule has 4 nitrogen and oxygen atoms in total. The lowest BCUT2D eigenvalue weighted by atomic mass is 9.71. The summed E-state index contributed by atoms with van der Waals surface area (Å²) < 4.78 is 64.2. The largest absolute Gasteiger partial charge is 0.534 e. The first-order valence-electron chi connectivity index (χ1n) is 7.91. The zero-order valence-corrected chi connectivity index (χ0v) is 14.3. The van der Waals surface area contributed by atoms with Gasteiger partial charge < -0.3 is 9.50 Å². The van der Waals surface area contributed by atoms with Gasteiger partial charge in [0, 0.05) is 12.1 Å².